The van der Waals surface area contributed by atoms with Crippen LogP contribution in [0.4, 0.5) is 5.69 Å². The lowest BCUT2D eigenvalue weighted by molar-refractivity contribution is -0.385. The molecule has 6 nitrogen and oxygen atoms in total. The van der Waals surface area contributed by atoms with E-state index in [9.17, 15) is 19.7 Å². The number of carbonyl (C=O) groups is 2. The topological polar surface area (TPSA) is 86.5 Å². The summed E-state index contributed by atoms with van der Waals surface area (Å²) >= 11 is 0. The fourth-order valence-corrected chi connectivity index (χ4v) is 2.49. The number of hydrogen-bond donors (Lipinski definition) is 0. The highest BCUT2D eigenvalue weighted by Crippen LogP contribution is 2.39. The molecule has 6 heteroatoms. The highest BCUT2D eigenvalue weighted by Gasteiger charge is 2.35. The van der Waals surface area contributed by atoms with Crippen molar-refractivity contribution >= 4 is 17.4 Å². The van der Waals surface area contributed by atoms with E-state index in [4.69, 9.17) is 4.74 Å². The van der Waals surface area contributed by atoms with Crippen molar-refractivity contribution in [3.8, 4) is 0 Å². The van der Waals surface area contributed by atoms with Crippen molar-refractivity contribution in [1.82, 2.24) is 0 Å². The van der Waals surface area contributed by atoms with Gasteiger partial charge in [0.2, 0.25) is 0 Å². The molecule has 0 saturated carbocycles. The maximum atomic E-state index is 11.8. The second kappa shape index (κ2) is 5.24. The number of allylic oxidation sites excluding steroid dienone is 2. The molecule has 1 aliphatic heterocycles. The Morgan fingerprint density at radius 1 is 1.40 bits per heavy atom. The number of esters is 1. The molecule has 0 unspecified atom stereocenters. The van der Waals surface area contributed by atoms with Gasteiger partial charge in [0.1, 0.15) is 5.76 Å². The van der Waals surface area contributed by atoms with E-state index < -0.39 is 16.8 Å². The van der Waals surface area contributed by atoms with Gasteiger partial charge in [-0.05, 0) is 13.8 Å². The number of ether oxygens (including phenoxy) is 1. The first kappa shape index (κ1) is 13.9. The number of cyclic esters (lactones) is 1. The van der Waals surface area contributed by atoms with Crippen LogP contribution in [0.3, 0.4) is 0 Å². The second-order valence-corrected chi connectivity index (χ2v) is 4.57. The predicted molar refractivity (Wildman–Crippen MR) is 69.9 cm³/mol. The Hall–Kier alpha value is -2.50. The van der Waals surface area contributed by atoms with Crippen LogP contribution >= 0.6 is 0 Å². The second-order valence-electron chi connectivity index (χ2n) is 4.57. The van der Waals surface area contributed by atoms with Crippen LogP contribution in [0.25, 0.3) is 0 Å². The number of benzene rings is 1. The van der Waals surface area contributed by atoms with Gasteiger partial charge >= 0.3 is 5.97 Å². The standard InChI is InChI=1S/C14H13NO5/c1-8(16)14-9(2)20-13(17)7-11(14)10-5-3-4-6-12(10)15(18)19/h3-6,11H,7H2,1-2H3/t11-/m0/s1. The number of para-hydroxylation sites is 1. The quantitative estimate of drug-likeness (QED) is 0.480. The van der Waals surface area contributed by atoms with Gasteiger partial charge in [-0.3, -0.25) is 19.7 Å². The smallest absolute Gasteiger partial charge is 0.311 e. The van der Waals surface area contributed by atoms with Crippen LogP contribution < -0.4 is 0 Å². The highest BCUT2D eigenvalue weighted by molar-refractivity contribution is 5.97. The molecular weight excluding hydrogens is 262 g/mol. The summed E-state index contributed by atoms with van der Waals surface area (Å²) in [7, 11) is 0. The Morgan fingerprint density at radius 2 is 2.05 bits per heavy atom. The van der Waals surface area contributed by atoms with Gasteiger partial charge in [-0.25, -0.2) is 0 Å². The molecule has 104 valence electrons. The zero-order valence-corrected chi connectivity index (χ0v) is 11.1. The molecule has 1 aromatic carbocycles. The van der Waals surface area contributed by atoms with Crippen molar-refractivity contribution in [3.05, 3.63) is 51.3 Å². The van der Waals surface area contributed by atoms with E-state index in [0.29, 0.717) is 11.1 Å². The summed E-state index contributed by atoms with van der Waals surface area (Å²) < 4.78 is 4.96. The molecule has 0 spiro atoms. The number of nitro benzene ring substituents is 1. The number of rotatable bonds is 3. The number of nitro groups is 1. The molecule has 1 aliphatic rings. The number of nitrogens with zero attached hydrogens (tertiary/aromatic N) is 1. The first-order chi connectivity index (χ1) is 9.41. The average Bonchev–Trinajstić information content (AvgIpc) is 2.37. The predicted octanol–water partition coefficient (Wildman–Crippen LogP) is 2.49. The molecule has 1 heterocycles. The van der Waals surface area contributed by atoms with Crippen LogP contribution in [0.15, 0.2) is 35.6 Å². The molecule has 20 heavy (non-hydrogen) atoms. The summed E-state index contributed by atoms with van der Waals surface area (Å²) in [4.78, 5) is 33.9. The van der Waals surface area contributed by atoms with Crippen LogP contribution in [0, 0.1) is 10.1 Å². The Morgan fingerprint density at radius 3 is 2.65 bits per heavy atom. The summed E-state index contributed by atoms with van der Waals surface area (Å²) in [5.74, 6) is -1.15. The normalized spacial score (nSPS) is 18.7. The van der Waals surface area contributed by atoms with E-state index in [1.54, 1.807) is 18.2 Å². The third-order valence-electron chi connectivity index (χ3n) is 3.25. The van der Waals surface area contributed by atoms with Gasteiger partial charge in [-0.1, -0.05) is 18.2 Å². The van der Waals surface area contributed by atoms with Crippen molar-refractivity contribution in [3.63, 3.8) is 0 Å². The monoisotopic (exact) mass is 275 g/mol. The third-order valence-corrected chi connectivity index (χ3v) is 3.25. The summed E-state index contributed by atoms with van der Waals surface area (Å²) in [6, 6.07) is 6.13. The largest absolute Gasteiger partial charge is 0.431 e. The number of Topliss-reactive ketones (excluding diaryl/α,β-unsaturated/α-hetero) is 1. The van der Waals surface area contributed by atoms with E-state index in [0.717, 1.165) is 0 Å². The van der Waals surface area contributed by atoms with Gasteiger partial charge in [-0.2, -0.15) is 0 Å². The maximum absolute atomic E-state index is 11.8. The molecule has 1 aromatic rings. The molecule has 0 fully saturated rings. The zero-order chi connectivity index (χ0) is 14.9. The van der Waals surface area contributed by atoms with Crippen LogP contribution in [0.5, 0.6) is 0 Å². The molecule has 0 radical (unpaired) electrons. The number of hydrogen-bond acceptors (Lipinski definition) is 5. The minimum atomic E-state index is -0.629. The zero-order valence-electron chi connectivity index (χ0n) is 11.1. The fourth-order valence-electron chi connectivity index (χ4n) is 2.49. The van der Waals surface area contributed by atoms with Crippen LogP contribution in [0.2, 0.25) is 0 Å². The summed E-state index contributed by atoms with van der Waals surface area (Å²) in [6.07, 6.45) is -0.0723. The first-order valence-corrected chi connectivity index (χ1v) is 6.07. The van der Waals surface area contributed by atoms with Gasteiger partial charge in [0.15, 0.2) is 5.78 Å². The van der Waals surface area contributed by atoms with Crippen molar-refractivity contribution in [2.45, 2.75) is 26.2 Å². The minimum Gasteiger partial charge on any atom is -0.431 e. The SMILES string of the molecule is CC(=O)C1=C(C)OC(=O)C[C@H]1c1ccccc1[N+](=O)[O-]. The Labute approximate surface area is 115 Å². The molecule has 1 atom stereocenters. The van der Waals surface area contributed by atoms with Crippen LogP contribution in [-0.2, 0) is 14.3 Å². The number of carbonyl (C=O) groups excluding carboxylic acids is 2. The van der Waals surface area contributed by atoms with E-state index >= 15 is 0 Å². The van der Waals surface area contributed by atoms with E-state index in [1.807, 2.05) is 0 Å². The molecule has 0 aliphatic carbocycles. The summed E-state index contributed by atoms with van der Waals surface area (Å²) in [5.41, 5.74) is 0.580. The molecule has 0 N–H and O–H groups in total. The average molecular weight is 275 g/mol. The first-order valence-electron chi connectivity index (χ1n) is 6.07. The van der Waals surface area contributed by atoms with Crippen LogP contribution in [-0.4, -0.2) is 16.7 Å². The fraction of sp³-hybridized carbons (Fsp3) is 0.286. The summed E-state index contributed by atoms with van der Waals surface area (Å²) in [6.45, 7) is 2.88. The van der Waals surface area contributed by atoms with Crippen molar-refractivity contribution in [2.75, 3.05) is 0 Å². The molecule has 0 amide bonds. The van der Waals surface area contributed by atoms with Crippen molar-refractivity contribution in [1.29, 1.82) is 0 Å². The van der Waals surface area contributed by atoms with Crippen molar-refractivity contribution in [2.24, 2.45) is 0 Å². The van der Waals surface area contributed by atoms with E-state index in [2.05, 4.69) is 0 Å². The Bertz CT molecular complexity index is 632. The van der Waals surface area contributed by atoms with Gasteiger partial charge in [0, 0.05) is 23.1 Å². The van der Waals surface area contributed by atoms with Crippen LogP contribution in [0.1, 0.15) is 31.7 Å². The van der Waals surface area contributed by atoms with Gasteiger partial charge < -0.3 is 4.74 Å². The lowest BCUT2D eigenvalue weighted by atomic mass is 9.83. The third kappa shape index (κ3) is 2.45. The molecule has 0 bridgehead atoms. The minimum absolute atomic E-state index is 0.0723. The van der Waals surface area contributed by atoms with Gasteiger partial charge in [0.05, 0.1) is 11.3 Å². The lowest BCUT2D eigenvalue weighted by Crippen LogP contribution is -2.23. The molecule has 2 rings (SSSR count). The Balaban J connectivity index is 2.61. The van der Waals surface area contributed by atoms with Gasteiger partial charge in [0.25, 0.3) is 5.69 Å². The highest BCUT2D eigenvalue weighted by atomic mass is 16.6. The molecular formula is C14H13NO5. The Kier molecular flexibility index (Phi) is 3.65. The van der Waals surface area contributed by atoms with E-state index in [-0.39, 0.29) is 23.7 Å². The maximum Gasteiger partial charge on any atom is 0.311 e. The lowest BCUT2D eigenvalue weighted by Gasteiger charge is -2.24. The molecule has 0 saturated heterocycles. The molecule has 0 aromatic heterocycles. The summed E-state index contributed by atoms with van der Waals surface area (Å²) in [5, 5.41) is 11.1. The number of ketones is 1. The van der Waals surface area contributed by atoms with E-state index in [1.165, 1.54) is 19.9 Å². The van der Waals surface area contributed by atoms with Gasteiger partial charge in [-0.15, -0.1) is 0 Å². The van der Waals surface area contributed by atoms with Crippen molar-refractivity contribution < 1.29 is 19.2 Å².